The van der Waals surface area contributed by atoms with Crippen molar-refractivity contribution in [2.75, 3.05) is 13.2 Å². The van der Waals surface area contributed by atoms with Crippen LogP contribution < -0.4 is 0 Å². The molecule has 0 saturated heterocycles. The number of allylic oxidation sites excluding steroid dienone is 12. The third kappa shape index (κ3) is 45.8. The van der Waals surface area contributed by atoms with E-state index in [9.17, 15) is 14.4 Å². The van der Waals surface area contributed by atoms with Crippen molar-refractivity contribution in [1.29, 1.82) is 0 Å². The summed E-state index contributed by atoms with van der Waals surface area (Å²) in [6.07, 6.45) is 58.9. The van der Waals surface area contributed by atoms with Gasteiger partial charge in [0.05, 0.1) is 0 Å². The predicted octanol–water partition coefficient (Wildman–Crippen LogP) is 15.9. The lowest BCUT2D eigenvalue weighted by atomic mass is 10.1. The predicted molar refractivity (Wildman–Crippen MR) is 251 cm³/mol. The first-order valence-corrected chi connectivity index (χ1v) is 24.4. The Morgan fingerprint density at radius 1 is 0.356 bits per heavy atom. The van der Waals surface area contributed by atoms with Gasteiger partial charge in [-0.1, -0.05) is 222 Å². The fraction of sp³-hybridized carbons (Fsp3) is 0.717. The van der Waals surface area contributed by atoms with Crippen LogP contribution in [-0.4, -0.2) is 37.2 Å². The van der Waals surface area contributed by atoms with Gasteiger partial charge in [0.25, 0.3) is 0 Å². The van der Waals surface area contributed by atoms with Gasteiger partial charge < -0.3 is 14.2 Å². The van der Waals surface area contributed by atoms with Gasteiger partial charge in [0.15, 0.2) is 6.10 Å². The van der Waals surface area contributed by atoms with Crippen LogP contribution in [0.5, 0.6) is 0 Å². The van der Waals surface area contributed by atoms with E-state index in [-0.39, 0.29) is 37.5 Å². The minimum absolute atomic E-state index is 0.0959. The van der Waals surface area contributed by atoms with Crippen molar-refractivity contribution in [3.63, 3.8) is 0 Å². The first kappa shape index (κ1) is 55.9. The van der Waals surface area contributed by atoms with Crippen molar-refractivity contribution in [3.8, 4) is 0 Å². The molecule has 0 heterocycles. The molecule has 0 aliphatic heterocycles. The standard InChI is InChI=1S/C53H90O6/c1-4-7-10-13-16-19-22-23-24-25-26-27-28-29-32-34-37-40-43-46-52(55)58-49-50(59-53(56)47-44-41-38-35-31-21-18-15-12-9-6-3)48-57-51(54)45-42-39-36-33-30-20-17-14-11-8-5-2/h7,10,16,19,23-24,26-27,29,32,37,40,50H,4-6,8-9,11-15,17-18,20-22,25,28,30-31,33-36,38-39,41-49H2,1-3H3/b10-7-,19-16-,24-23-,27-26-,32-29-,40-37-. The Morgan fingerprint density at radius 2 is 0.661 bits per heavy atom. The molecule has 0 amide bonds. The zero-order valence-electron chi connectivity index (χ0n) is 38.5. The molecule has 6 heteroatoms. The third-order valence-corrected chi connectivity index (χ3v) is 10.2. The van der Waals surface area contributed by atoms with Crippen LogP contribution in [0, 0.1) is 0 Å². The number of ether oxygens (including phenoxy) is 3. The molecule has 0 radical (unpaired) electrons. The molecule has 1 atom stereocenters. The van der Waals surface area contributed by atoms with E-state index in [1.807, 2.05) is 6.08 Å². The van der Waals surface area contributed by atoms with Gasteiger partial charge in [-0.25, -0.2) is 0 Å². The Balaban J connectivity index is 4.46. The highest BCUT2D eigenvalue weighted by Gasteiger charge is 2.19. The fourth-order valence-electron chi connectivity index (χ4n) is 6.58. The third-order valence-electron chi connectivity index (χ3n) is 10.2. The van der Waals surface area contributed by atoms with Crippen molar-refractivity contribution >= 4 is 17.9 Å². The number of esters is 3. The number of unbranched alkanes of at least 4 members (excludes halogenated alkanes) is 20. The molecule has 0 N–H and O–H groups in total. The van der Waals surface area contributed by atoms with Crippen LogP contribution in [0.3, 0.4) is 0 Å². The second-order valence-corrected chi connectivity index (χ2v) is 16.0. The highest BCUT2D eigenvalue weighted by Crippen LogP contribution is 2.14. The summed E-state index contributed by atoms with van der Waals surface area (Å²) >= 11 is 0. The van der Waals surface area contributed by atoms with Gasteiger partial charge in [-0.05, 0) is 57.8 Å². The lowest BCUT2D eigenvalue weighted by Crippen LogP contribution is -2.30. The van der Waals surface area contributed by atoms with Crippen molar-refractivity contribution in [2.45, 2.75) is 232 Å². The topological polar surface area (TPSA) is 78.9 Å². The molecule has 0 saturated carbocycles. The van der Waals surface area contributed by atoms with Crippen LogP contribution in [0.1, 0.15) is 226 Å². The first-order valence-electron chi connectivity index (χ1n) is 24.4. The summed E-state index contributed by atoms with van der Waals surface area (Å²) in [6.45, 7) is 6.44. The lowest BCUT2D eigenvalue weighted by molar-refractivity contribution is -0.166. The Kier molecular flexibility index (Phi) is 45.0. The number of hydrogen-bond donors (Lipinski definition) is 0. The molecule has 0 aromatic heterocycles. The van der Waals surface area contributed by atoms with Crippen LogP contribution in [-0.2, 0) is 28.6 Å². The van der Waals surface area contributed by atoms with Gasteiger partial charge >= 0.3 is 17.9 Å². The molecular weight excluding hydrogens is 733 g/mol. The maximum Gasteiger partial charge on any atom is 0.306 e. The van der Waals surface area contributed by atoms with E-state index < -0.39 is 6.10 Å². The molecule has 338 valence electrons. The average Bonchev–Trinajstić information content (AvgIpc) is 3.23. The van der Waals surface area contributed by atoms with Crippen LogP contribution in [0.2, 0.25) is 0 Å². The van der Waals surface area contributed by atoms with Gasteiger partial charge in [0.1, 0.15) is 13.2 Å². The van der Waals surface area contributed by atoms with Crippen molar-refractivity contribution < 1.29 is 28.6 Å². The molecule has 0 aromatic rings. The summed E-state index contributed by atoms with van der Waals surface area (Å²) in [6, 6.07) is 0. The smallest absolute Gasteiger partial charge is 0.306 e. The lowest BCUT2D eigenvalue weighted by Gasteiger charge is -2.18. The number of carbonyl (C=O) groups is 3. The molecule has 0 fully saturated rings. The van der Waals surface area contributed by atoms with Crippen LogP contribution >= 0.6 is 0 Å². The van der Waals surface area contributed by atoms with E-state index in [1.165, 1.54) is 103 Å². The van der Waals surface area contributed by atoms with Gasteiger partial charge in [-0.3, -0.25) is 14.4 Å². The van der Waals surface area contributed by atoms with Gasteiger partial charge in [0.2, 0.25) is 0 Å². The monoisotopic (exact) mass is 823 g/mol. The number of carbonyl (C=O) groups excluding carboxylic acids is 3. The zero-order valence-corrected chi connectivity index (χ0v) is 38.5. The zero-order chi connectivity index (χ0) is 43.0. The van der Waals surface area contributed by atoms with Crippen LogP contribution in [0.15, 0.2) is 72.9 Å². The molecule has 0 aliphatic rings. The minimum Gasteiger partial charge on any atom is -0.462 e. The number of rotatable bonds is 43. The Bertz CT molecular complexity index is 1130. The van der Waals surface area contributed by atoms with Gasteiger partial charge in [-0.15, -0.1) is 0 Å². The van der Waals surface area contributed by atoms with Crippen LogP contribution in [0.25, 0.3) is 0 Å². The summed E-state index contributed by atoms with van der Waals surface area (Å²) in [5.74, 6) is -0.985. The Labute approximate surface area is 363 Å². The highest BCUT2D eigenvalue weighted by molar-refractivity contribution is 5.71. The van der Waals surface area contributed by atoms with Crippen molar-refractivity contribution in [3.05, 3.63) is 72.9 Å². The van der Waals surface area contributed by atoms with Gasteiger partial charge in [-0.2, -0.15) is 0 Å². The summed E-state index contributed by atoms with van der Waals surface area (Å²) in [5, 5.41) is 0. The highest BCUT2D eigenvalue weighted by atomic mass is 16.6. The van der Waals surface area contributed by atoms with Crippen LogP contribution in [0.4, 0.5) is 0 Å². The molecular formula is C53H90O6. The van der Waals surface area contributed by atoms with E-state index in [4.69, 9.17) is 14.2 Å². The molecule has 59 heavy (non-hydrogen) atoms. The molecule has 0 aliphatic carbocycles. The largest absolute Gasteiger partial charge is 0.462 e. The quantitative estimate of drug-likeness (QED) is 0.0264. The summed E-state index contributed by atoms with van der Waals surface area (Å²) in [4.78, 5) is 37.8. The second-order valence-electron chi connectivity index (χ2n) is 16.0. The van der Waals surface area contributed by atoms with E-state index in [0.717, 1.165) is 77.0 Å². The van der Waals surface area contributed by atoms with E-state index in [2.05, 4.69) is 87.6 Å². The molecule has 0 spiro atoms. The molecule has 1 unspecified atom stereocenters. The summed E-state index contributed by atoms with van der Waals surface area (Å²) in [7, 11) is 0. The molecule has 0 bridgehead atoms. The maximum atomic E-state index is 12.7. The second kappa shape index (κ2) is 47.5. The van der Waals surface area contributed by atoms with E-state index >= 15 is 0 Å². The summed E-state index contributed by atoms with van der Waals surface area (Å²) < 4.78 is 16.7. The minimum atomic E-state index is -0.800. The Hall–Kier alpha value is -3.15. The summed E-state index contributed by atoms with van der Waals surface area (Å²) in [5.41, 5.74) is 0. The molecule has 0 aromatic carbocycles. The van der Waals surface area contributed by atoms with Crippen molar-refractivity contribution in [2.24, 2.45) is 0 Å². The average molecular weight is 823 g/mol. The van der Waals surface area contributed by atoms with E-state index in [0.29, 0.717) is 19.3 Å². The fourth-order valence-corrected chi connectivity index (χ4v) is 6.58. The van der Waals surface area contributed by atoms with E-state index in [1.54, 1.807) is 0 Å². The SMILES string of the molecule is CC/C=C\C/C=C\C/C=C\C/C=C\C/C=C\C/C=C\CCC(=O)OCC(COC(=O)CCCCCCCCCCCCC)OC(=O)CCCCCCCCCCCCC. The number of hydrogen-bond acceptors (Lipinski definition) is 6. The molecule has 0 rings (SSSR count). The first-order chi connectivity index (χ1) is 29.0. The normalized spacial score (nSPS) is 12.7. The van der Waals surface area contributed by atoms with Gasteiger partial charge in [0, 0.05) is 19.3 Å². The maximum absolute atomic E-state index is 12.7. The Morgan fingerprint density at radius 3 is 1.03 bits per heavy atom. The van der Waals surface area contributed by atoms with Crippen molar-refractivity contribution in [1.82, 2.24) is 0 Å². The molecule has 6 nitrogen and oxygen atoms in total.